The van der Waals surface area contributed by atoms with Crippen molar-refractivity contribution in [3.8, 4) is 0 Å². The summed E-state index contributed by atoms with van der Waals surface area (Å²) in [5, 5.41) is 7.07. The van der Waals surface area contributed by atoms with Gasteiger partial charge in [-0.15, -0.1) is 0 Å². The van der Waals surface area contributed by atoms with Crippen molar-refractivity contribution in [3.63, 3.8) is 0 Å². The molecule has 1 saturated heterocycles. The predicted octanol–water partition coefficient (Wildman–Crippen LogP) is 3.27. The van der Waals surface area contributed by atoms with Gasteiger partial charge < -0.3 is 15.4 Å². The summed E-state index contributed by atoms with van der Waals surface area (Å²) < 4.78 is 5.55. The summed E-state index contributed by atoms with van der Waals surface area (Å²) in [4.78, 5) is 29.5. The first-order chi connectivity index (χ1) is 13.7. The lowest BCUT2D eigenvalue weighted by atomic mass is 9.81. The molecule has 2 N–H and O–H groups in total. The van der Waals surface area contributed by atoms with Gasteiger partial charge in [-0.3, -0.25) is 14.6 Å². The molecule has 28 heavy (non-hydrogen) atoms. The van der Waals surface area contributed by atoms with Gasteiger partial charge in [0, 0.05) is 36.6 Å². The molecule has 1 aromatic heterocycles. The quantitative estimate of drug-likeness (QED) is 0.833. The standard InChI is InChI=1S/C22H27N3O3/c26-21(24-14-18-6-3-13-28-18)16-8-10-17(11-9-16)22(27)25-19-7-1-4-15-5-2-12-23-20(15)19/h1-2,4-5,7,12,16-18H,3,6,8-11,13-14H2,(H,24,26)(H,25,27). The van der Waals surface area contributed by atoms with Crippen LogP contribution in [0.15, 0.2) is 36.5 Å². The van der Waals surface area contributed by atoms with E-state index in [-0.39, 0.29) is 29.8 Å². The zero-order chi connectivity index (χ0) is 19.3. The lowest BCUT2D eigenvalue weighted by Gasteiger charge is -2.27. The first kappa shape index (κ1) is 18.9. The molecule has 0 radical (unpaired) electrons. The molecule has 1 aliphatic carbocycles. The fourth-order valence-electron chi connectivity index (χ4n) is 4.22. The molecular weight excluding hydrogens is 354 g/mol. The van der Waals surface area contributed by atoms with Crippen molar-refractivity contribution in [1.82, 2.24) is 10.3 Å². The Hall–Kier alpha value is -2.47. The monoisotopic (exact) mass is 381 g/mol. The maximum absolute atomic E-state index is 12.7. The highest BCUT2D eigenvalue weighted by molar-refractivity contribution is 6.01. The number of hydrogen-bond acceptors (Lipinski definition) is 4. The van der Waals surface area contributed by atoms with Crippen molar-refractivity contribution in [2.75, 3.05) is 18.5 Å². The summed E-state index contributed by atoms with van der Waals surface area (Å²) >= 11 is 0. The fraction of sp³-hybridized carbons (Fsp3) is 0.500. The number of fused-ring (bicyclic) bond motifs is 1. The summed E-state index contributed by atoms with van der Waals surface area (Å²) in [6.07, 6.45) is 6.98. The van der Waals surface area contributed by atoms with Gasteiger partial charge in [-0.05, 0) is 50.7 Å². The normalized spacial score (nSPS) is 24.8. The molecule has 4 rings (SSSR count). The second kappa shape index (κ2) is 8.69. The Balaban J connectivity index is 1.28. The molecule has 2 aromatic rings. The number of anilines is 1. The van der Waals surface area contributed by atoms with Crippen molar-refractivity contribution < 1.29 is 14.3 Å². The molecule has 1 aromatic carbocycles. The molecule has 2 aliphatic rings. The van der Waals surface area contributed by atoms with Crippen molar-refractivity contribution in [3.05, 3.63) is 36.5 Å². The second-order valence-corrected chi connectivity index (χ2v) is 7.80. The van der Waals surface area contributed by atoms with Gasteiger partial charge in [0.15, 0.2) is 0 Å². The molecule has 1 saturated carbocycles. The molecule has 1 unspecified atom stereocenters. The van der Waals surface area contributed by atoms with E-state index in [1.54, 1.807) is 6.20 Å². The summed E-state index contributed by atoms with van der Waals surface area (Å²) in [5.41, 5.74) is 1.56. The minimum Gasteiger partial charge on any atom is -0.376 e. The van der Waals surface area contributed by atoms with Crippen LogP contribution in [0.2, 0.25) is 0 Å². The van der Waals surface area contributed by atoms with Crippen molar-refractivity contribution in [2.24, 2.45) is 11.8 Å². The SMILES string of the molecule is O=C(NCC1CCCO1)C1CCC(C(=O)Nc2cccc3cccnc23)CC1. The molecule has 2 amide bonds. The number of hydrogen-bond donors (Lipinski definition) is 2. The van der Waals surface area contributed by atoms with Crippen LogP contribution in [0.25, 0.3) is 10.9 Å². The lowest BCUT2D eigenvalue weighted by molar-refractivity contribution is -0.128. The van der Waals surface area contributed by atoms with Crippen LogP contribution in [-0.4, -0.2) is 36.1 Å². The van der Waals surface area contributed by atoms with Gasteiger partial charge in [-0.2, -0.15) is 0 Å². The van der Waals surface area contributed by atoms with E-state index in [1.807, 2.05) is 30.3 Å². The zero-order valence-electron chi connectivity index (χ0n) is 16.0. The van der Waals surface area contributed by atoms with E-state index in [4.69, 9.17) is 4.74 Å². The lowest BCUT2D eigenvalue weighted by Crippen LogP contribution is -2.38. The number of pyridine rings is 1. The average Bonchev–Trinajstić information content (AvgIpc) is 3.26. The van der Waals surface area contributed by atoms with Gasteiger partial charge in [-0.25, -0.2) is 0 Å². The maximum atomic E-state index is 12.7. The Morgan fingerprint density at radius 2 is 1.75 bits per heavy atom. The predicted molar refractivity (Wildman–Crippen MR) is 108 cm³/mol. The van der Waals surface area contributed by atoms with Crippen LogP contribution in [0.4, 0.5) is 5.69 Å². The number of para-hydroxylation sites is 1. The molecule has 0 bridgehead atoms. The van der Waals surface area contributed by atoms with E-state index in [0.29, 0.717) is 6.54 Å². The van der Waals surface area contributed by atoms with E-state index < -0.39 is 0 Å². The summed E-state index contributed by atoms with van der Waals surface area (Å²) in [6.45, 7) is 1.40. The number of aromatic nitrogens is 1. The van der Waals surface area contributed by atoms with Crippen LogP contribution in [0.3, 0.4) is 0 Å². The first-order valence-electron chi connectivity index (χ1n) is 10.2. The highest BCUT2D eigenvalue weighted by Gasteiger charge is 2.30. The molecule has 1 atom stereocenters. The van der Waals surface area contributed by atoms with Crippen LogP contribution in [0, 0.1) is 11.8 Å². The Morgan fingerprint density at radius 3 is 2.50 bits per heavy atom. The second-order valence-electron chi connectivity index (χ2n) is 7.80. The van der Waals surface area contributed by atoms with E-state index in [9.17, 15) is 9.59 Å². The maximum Gasteiger partial charge on any atom is 0.227 e. The highest BCUT2D eigenvalue weighted by atomic mass is 16.5. The minimum absolute atomic E-state index is 0.00433. The largest absolute Gasteiger partial charge is 0.376 e. The van der Waals surface area contributed by atoms with Gasteiger partial charge in [0.1, 0.15) is 0 Å². The number of benzene rings is 1. The van der Waals surface area contributed by atoms with Gasteiger partial charge in [-0.1, -0.05) is 18.2 Å². The van der Waals surface area contributed by atoms with Crippen LogP contribution >= 0.6 is 0 Å². The average molecular weight is 381 g/mol. The number of rotatable bonds is 5. The van der Waals surface area contributed by atoms with Crippen LogP contribution in [0.5, 0.6) is 0 Å². The molecule has 6 nitrogen and oxygen atoms in total. The molecule has 2 fully saturated rings. The topological polar surface area (TPSA) is 80.3 Å². The highest BCUT2D eigenvalue weighted by Crippen LogP contribution is 2.30. The Labute approximate surface area is 165 Å². The summed E-state index contributed by atoms with van der Waals surface area (Å²) in [6, 6.07) is 9.67. The van der Waals surface area contributed by atoms with Crippen LogP contribution < -0.4 is 10.6 Å². The third-order valence-electron chi connectivity index (χ3n) is 5.89. The van der Waals surface area contributed by atoms with Gasteiger partial charge in [0.25, 0.3) is 0 Å². The minimum atomic E-state index is -0.0545. The van der Waals surface area contributed by atoms with Crippen molar-refractivity contribution >= 4 is 28.4 Å². The number of amides is 2. The molecule has 2 heterocycles. The molecule has 1 aliphatic heterocycles. The smallest absolute Gasteiger partial charge is 0.227 e. The molecule has 0 spiro atoms. The molecule has 6 heteroatoms. The Morgan fingerprint density at radius 1 is 1.00 bits per heavy atom. The fourth-order valence-corrected chi connectivity index (χ4v) is 4.22. The van der Waals surface area contributed by atoms with E-state index in [1.165, 1.54) is 0 Å². The third kappa shape index (κ3) is 4.33. The number of nitrogens with one attached hydrogen (secondary N) is 2. The number of ether oxygens (including phenoxy) is 1. The van der Waals surface area contributed by atoms with Crippen LogP contribution in [-0.2, 0) is 14.3 Å². The number of nitrogens with zero attached hydrogens (tertiary/aromatic N) is 1. The zero-order valence-corrected chi connectivity index (χ0v) is 16.0. The Kier molecular flexibility index (Phi) is 5.86. The molecular formula is C22H27N3O3. The van der Waals surface area contributed by atoms with Crippen molar-refractivity contribution in [1.29, 1.82) is 0 Å². The van der Waals surface area contributed by atoms with E-state index in [0.717, 1.165) is 61.7 Å². The summed E-state index contributed by atoms with van der Waals surface area (Å²) in [7, 11) is 0. The van der Waals surface area contributed by atoms with E-state index in [2.05, 4.69) is 15.6 Å². The third-order valence-corrected chi connectivity index (χ3v) is 5.89. The molecule has 148 valence electrons. The van der Waals surface area contributed by atoms with Gasteiger partial charge >= 0.3 is 0 Å². The summed E-state index contributed by atoms with van der Waals surface area (Å²) in [5.74, 6) is 0.0786. The van der Waals surface area contributed by atoms with Crippen molar-refractivity contribution in [2.45, 2.75) is 44.6 Å². The van der Waals surface area contributed by atoms with Gasteiger partial charge in [0.05, 0.1) is 17.3 Å². The Bertz CT molecular complexity index is 835. The van der Waals surface area contributed by atoms with E-state index >= 15 is 0 Å². The van der Waals surface area contributed by atoms with Crippen LogP contribution in [0.1, 0.15) is 38.5 Å². The number of carbonyl (C=O) groups excluding carboxylic acids is 2. The number of carbonyl (C=O) groups is 2. The van der Waals surface area contributed by atoms with Gasteiger partial charge in [0.2, 0.25) is 11.8 Å². The first-order valence-corrected chi connectivity index (χ1v) is 10.2.